The Bertz CT molecular complexity index is 1370. The maximum Gasteiger partial charge on any atom is 0.268 e. The van der Waals surface area contributed by atoms with Crippen molar-refractivity contribution in [2.45, 2.75) is 11.4 Å². The highest BCUT2D eigenvalue weighted by molar-refractivity contribution is 7.90. The molecule has 0 radical (unpaired) electrons. The third-order valence-corrected chi connectivity index (χ3v) is 6.23. The van der Waals surface area contributed by atoms with Crippen LogP contribution in [0.2, 0.25) is 0 Å². The van der Waals surface area contributed by atoms with Crippen LogP contribution >= 0.6 is 0 Å². The molecule has 0 aliphatic heterocycles. The topological polar surface area (TPSA) is 117 Å². The van der Waals surface area contributed by atoms with Gasteiger partial charge < -0.3 is 9.47 Å². The lowest BCUT2D eigenvalue weighted by molar-refractivity contribution is 0.0981. The average molecular weight is 468 g/mol. The summed E-state index contributed by atoms with van der Waals surface area (Å²) in [5.74, 6) is -0.266. The molecule has 1 amide bonds. The van der Waals surface area contributed by atoms with Crippen LogP contribution in [0.3, 0.4) is 0 Å². The summed E-state index contributed by atoms with van der Waals surface area (Å²) in [4.78, 5) is 12.6. The molecule has 0 atom stereocenters. The van der Waals surface area contributed by atoms with Gasteiger partial charge in [0.1, 0.15) is 16.4 Å². The summed E-state index contributed by atoms with van der Waals surface area (Å²) in [5, 5.41) is 8.25. The number of aromatic nitrogens is 4. The Kier molecular flexibility index (Phi) is 6.13. The van der Waals surface area contributed by atoms with Gasteiger partial charge in [0.05, 0.1) is 26.5 Å². The molecule has 0 aliphatic carbocycles. The second-order valence-corrected chi connectivity index (χ2v) is 8.60. The lowest BCUT2D eigenvalue weighted by atomic mass is 10.1. The fraction of sp³-hybridized carbons (Fsp3) is 0.136. The van der Waals surface area contributed by atoms with Gasteiger partial charge in [0.15, 0.2) is 0 Å². The number of carbonyl (C=O) groups excluding carboxylic acids is 1. The molecular formula is C22H21N5O5S. The minimum atomic E-state index is -4.26. The van der Waals surface area contributed by atoms with E-state index in [1.807, 2.05) is 0 Å². The monoisotopic (exact) mass is 467 g/mol. The molecule has 0 bridgehead atoms. The van der Waals surface area contributed by atoms with Crippen LogP contribution in [0.4, 0.5) is 0 Å². The SMILES string of the molecule is COc1cc(C(=O)NS(=O)(=O)c2cc(-n3cccn3)ccc2OC)ccc1Cn1cccn1. The van der Waals surface area contributed by atoms with Crippen LogP contribution in [-0.4, -0.2) is 48.1 Å². The molecular weight excluding hydrogens is 446 g/mol. The van der Waals surface area contributed by atoms with Crippen molar-refractivity contribution in [3.63, 3.8) is 0 Å². The lowest BCUT2D eigenvalue weighted by Gasteiger charge is -2.14. The Labute approximate surface area is 190 Å². The van der Waals surface area contributed by atoms with Gasteiger partial charge in [0.25, 0.3) is 15.9 Å². The number of benzene rings is 2. The molecule has 33 heavy (non-hydrogen) atoms. The number of nitrogens with one attached hydrogen (secondary N) is 1. The summed E-state index contributed by atoms with van der Waals surface area (Å²) in [5.41, 5.74) is 1.41. The molecule has 2 aromatic carbocycles. The van der Waals surface area contributed by atoms with Gasteiger partial charge in [-0.1, -0.05) is 6.07 Å². The summed E-state index contributed by atoms with van der Waals surface area (Å²) in [7, 11) is -1.42. The van der Waals surface area contributed by atoms with Gasteiger partial charge in [-0.2, -0.15) is 10.2 Å². The Morgan fingerprint density at radius 1 is 0.970 bits per heavy atom. The van der Waals surface area contributed by atoms with Crippen molar-refractivity contribution in [1.82, 2.24) is 24.3 Å². The van der Waals surface area contributed by atoms with Crippen molar-refractivity contribution in [2.75, 3.05) is 14.2 Å². The maximum atomic E-state index is 13.1. The highest BCUT2D eigenvalue weighted by atomic mass is 32.2. The highest BCUT2D eigenvalue weighted by Crippen LogP contribution is 2.27. The van der Waals surface area contributed by atoms with Crippen LogP contribution < -0.4 is 14.2 Å². The number of nitrogens with zero attached hydrogens (tertiary/aromatic N) is 4. The van der Waals surface area contributed by atoms with Crippen molar-refractivity contribution in [1.29, 1.82) is 0 Å². The third-order valence-electron chi connectivity index (χ3n) is 4.87. The first-order chi connectivity index (χ1) is 15.9. The number of ether oxygens (including phenoxy) is 2. The van der Waals surface area contributed by atoms with E-state index in [1.165, 1.54) is 43.2 Å². The number of hydrogen-bond donors (Lipinski definition) is 1. The second-order valence-electron chi connectivity index (χ2n) is 6.95. The number of sulfonamides is 1. The zero-order chi connectivity index (χ0) is 23.4. The van der Waals surface area contributed by atoms with E-state index in [0.29, 0.717) is 18.0 Å². The zero-order valence-corrected chi connectivity index (χ0v) is 18.7. The summed E-state index contributed by atoms with van der Waals surface area (Å²) < 4.78 is 42.0. The zero-order valence-electron chi connectivity index (χ0n) is 17.9. The standard InChI is InChI=1S/C22H21N5O5S/c1-31-19-8-7-18(27-12-4-10-24-27)14-21(19)33(29,30)25-22(28)16-5-6-17(20(13-16)32-2)15-26-11-3-9-23-26/h3-14H,15H2,1-2H3,(H,25,28). The number of methoxy groups -OCH3 is 2. The second kappa shape index (κ2) is 9.17. The molecule has 10 nitrogen and oxygen atoms in total. The molecule has 0 unspecified atom stereocenters. The smallest absolute Gasteiger partial charge is 0.268 e. The molecule has 4 aromatic rings. The van der Waals surface area contributed by atoms with E-state index < -0.39 is 15.9 Å². The van der Waals surface area contributed by atoms with Crippen LogP contribution in [0, 0.1) is 0 Å². The van der Waals surface area contributed by atoms with Crippen molar-refractivity contribution < 1.29 is 22.7 Å². The van der Waals surface area contributed by atoms with Crippen LogP contribution in [0.1, 0.15) is 15.9 Å². The predicted molar refractivity (Wildman–Crippen MR) is 119 cm³/mol. The van der Waals surface area contributed by atoms with Gasteiger partial charge in [0, 0.05) is 35.9 Å². The summed E-state index contributed by atoms with van der Waals surface area (Å²) in [6, 6.07) is 12.8. The van der Waals surface area contributed by atoms with E-state index >= 15 is 0 Å². The van der Waals surface area contributed by atoms with Gasteiger partial charge in [-0.15, -0.1) is 0 Å². The van der Waals surface area contributed by atoms with Crippen molar-refractivity contribution >= 4 is 15.9 Å². The molecule has 0 saturated carbocycles. The van der Waals surface area contributed by atoms with E-state index in [0.717, 1.165) is 5.56 Å². The molecule has 1 N–H and O–H groups in total. The first kappa shape index (κ1) is 22.1. The Hall–Kier alpha value is -4.12. The Morgan fingerprint density at radius 3 is 2.39 bits per heavy atom. The van der Waals surface area contributed by atoms with E-state index in [1.54, 1.807) is 53.7 Å². The van der Waals surface area contributed by atoms with E-state index in [-0.39, 0.29) is 16.2 Å². The number of carbonyl (C=O) groups is 1. The highest BCUT2D eigenvalue weighted by Gasteiger charge is 2.24. The van der Waals surface area contributed by atoms with Crippen molar-refractivity contribution in [3.8, 4) is 17.2 Å². The van der Waals surface area contributed by atoms with Gasteiger partial charge >= 0.3 is 0 Å². The normalized spacial score (nSPS) is 11.2. The van der Waals surface area contributed by atoms with Crippen molar-refractivity contribution in [2.24, 2.45) is 0 Å². The number of amides is 1. The largest absolute Gasteiger partial charge is 0.496 e. The van der Waals surface area contributed by atoms with Crippen LogP contribution in [0.25, 0.3) is 5.69 Å². The fourth-order valence-electron chi connectivity index (χ4n) is 3.26. The molecule has 2 heterocycles. The van der Waals surface area contributed by atoms with Crippen molar-refractivity contribution in [3.05, 3.63) is 84.4 Å². The maximum absolute atomic E-state index is 13.1. The number of hydrogen-bond acceptors (Lipinski definition) is 7. The van der Waals surface area contributed by atoms with Gasteiger partial charge in [0.2, 0.25) is 0 Å². The molecule has 170 valence electrons. The molecule has 11 heteroatoms. The first-order valence-electron chi connectivity index (χ1n) is 9.81. The van der Waals surface area contributed by atoms with Gasteiger partial charge in [-0.25, -0.2) is 17.8 Å². The summed E-state index contributed by atoms with van der Waals surface area (Å²) in [6.07, 6.45) is 6.71. The van der Waals surface area contributed by atoms with E-state index in [9.17, 15) is 13.2 Å². The minimum Gasteiger partial charge on any atom is -0.496 e. The molecule has 0 aliphatic rings. The Morgan fingerprint density at radius 2 is 1.73 bits per heavy atom. The van der Waals surface area contributed by atoms with Gasteiger partial charge in [-0.05, 0) is 42.5 Å². The molecule has 0 saturated heterocycles. The predicted octanol–water partition coefficient (Wildman–Crippen LogP) is 2.25. The number of rotatable bonds is 8. The third kappa shape index (κ3) is 4.72. The minimum absolute atomic E-state index is 0.0957. The quantitative estimate of drug-likeness (QED) is 0.422. The van der Waals surface area contributed by atoms with Crippen LogP contribution in [-0.2, 0) is 16.6 Å². The van der Waals surface area contributed by atoms with Crippen LogP contribution in [0.15, 0.2) is 78.2 Å². The molecule has 0 fully saturated rings. The van der Waals surface area contributed by atoms with E-state index in [4.69, 9.17) is 9.47 Å². The Balaban J connectivity index is 1.61. The average Bonchev–Trinajstić information content (AvgIpc) is 3.53. The summed E-state index contributed by atoms with van der Waals surface area (Å²) in [6.45, 7) is 0.438. The molecule has 4 rings (SSSR count). The first-order valence-corrected chi connectivity index (χ1v) is 11.3. The fourth-order valence-corrected chi connectivity index (χ4v) is 4.42. The van der Waals surface area contributed by atoms with Gasteiger partial charge in [-0.3, -0.25) is 9.48 Å². The molecule has 0 spiro atoms. The lowest BCUT2D eigenvalue weighted by Crippen LogP contribution is -2.31. The van der Waals surface area contributed by atoms with E-state index in [2.05, 4.69) is 14.9 Å². The summed E-state index contributed by atoms with van der Waals surface area (Å²) >= 11 is 0. The molecule has 2 aromatic heterocycles. The van der Waals surface area contributed by atoms with Crippen LogP contribution in [0.5, 0.6) is 11.5 Å².